The largest absolute Gasteiger partial charge is 0.342 e. The van der Waals surface area contributed by atoms with Crippen LogP contribution in [0.1, 0.15) is 46.4 Å². The van der Waals surface area contributed by atoms with E-state index in [9.17, 15) is 9.59 Å². The van der Waals surface area contributed by atoms with Gasteiger partial charge in [0.2, 0.25) is 0 Å². The Balaban J connectivity index is 1.81. The highest BCUT2D eigenvalue weighted by Gasteiger charge is 2.27. The van der Waals surface area contributed by atoms with Gasteiger partial charge in [-0.25, -0.2) is 0 Å². The fourth-order valence-corrected chi connectivity index (χ4v) is 4.52. The maximum absolute atomic E-state index is 12.9. The molecule has 172 valence electrons. The molecule has 9 heteroatoms. The lowest BCUT2D eigenvalue weighted by atomic mass is 10.0. The number of halogens is 2. The van der Waals surface area contributed by atoms with Crippen LogP contribution >= 0.6 is 39.3 Å². The minimum Gasteiger partial charge on any atom is -0.342 e. The van der Waals surface area contributed by atoms with Gasteiger partial charge in [0.15, 0.2) is 16.8 Å². The molecule has 0 aliphatic rings. The first-order chi connectivity index (χ1) is 15.8. The lowest BCUT2D eigenvalue weighted by molar-refractivity contribution is 0.0921. The predicted molar refractivity (Wildman–Crippen MR) is 136 cm³/mol. The normalized spacial score (nSPS) is 11.9. The summed E-state index contributed by atoms with van der Waals surface area (Å²) in [5.74, 6) is 0.562. The van der Waals surface area contributed by atoms with Gasteiger partial charge < -0.3 is 9.88 Å². The second-order valence-electron chi connectivity index (χ2n) is 7.63. The van der Waals surface area contributed by atoms with Crippen molar-refractivity contribution >= 4 is 51.0 Å². The zero-order chi connectivity index (χ0) is 24.0. The van der Waals surface area contributed by atoms with Crippen molar-refractivity contribution in [2.24, 2.45) is 5.92 Å². The quantitative estimate of drug-likeness (QED) is 0.192. The Hall–Kier alpha value is -2.42. The predicted octanol–water partition coefficient (Wildman–Crippen LogP) is 5.98. The van der Waals surface area contributed by atoms with Crippen LogP contribution in [0, 0.1) is 5.92 Å². The van der Waals surface area contributed by atoms with Gasteiger partial charge in [0, 0.05) is 16.6 Å². The first-order valence-electron chi connectivity index (χ1n) is 10.3. The zero-order valence-corrected chi connectivity index (χ0v) is 21.5. The molecule has 0 aliphatic heterocycles. The molecule has 0 bridgehead atoms. The van der Waals surface area contributed by atoms with E-state index >= 15 is 0 Å². The number of ketones is 1. The zero-order valence-electron chi connectivity index (χ0n) is 18.3. The van der Waals surface area contributed by atoms with Crippen molar-refractivity contribution < 1.29 is 9.59 Å². The van der Waals surface area contributed by atoms with E-state index in [1.54, 1.807) is 42.5 Å². The number of Topliss-reactive ketones (excluding diaryl/α,β-unsaturated/α-hetero) is 1. The van der Waals surface area contributed by atoms with Gasteiger partial charge >= 0.3 is 0 Å². The van der Waals surface area contributed by atoms with Crippen molar-refractivity contribution in [3.05, 3.63) is 87.6 Å². The third-order valence-corrected chi connectivity index (χ3v) is 6.73. The Bertz CT molecular complexity index is 1150. The van der Waals surface area contributed by atoms with Gasteiger partial charge in [-0.15, -0.1) is 16.8 Å². The molecule has 2 aromatic carbocycles. The van der Waals surface area contributed by atoms with Crippen LogP contribution in [-0.4, -0.2) is 32.2 Å². The monoisotopic (exact) mass is 546 g/mol. The number of nitrogens with one attached hydrogen (secondary N) is 1. The van der Waals surface area contributed by atoms with Crippen LogP contribution in [0.15, 0.2) is 70.8 Å². The number of carbonyl (C=O) groups excluding carboxylic acids is 2. The summed E-state index contributed by atoms with van der Waals surface area (Å²) in [5, 5.41) is 12.7. The molecule has 0 spiro atoms. The Morgan fingerprint density at radius 2 is 1.88 bits per heavy atom. The van der Waals surface area contributed by atoms with Crippen LogP contribution in [-0.2, 0) is 6.54 Å². The number of carbonyl (C=O) groups is 2. The third kappa shape index (κ3) is 6.34. The standard InChI is InChI=1S/C24H24BrClN4O2S/c1-4-13-30-22(21(15(2)3)27-23(32)18-7-5-6-8-19(18)26)28-29-24(30)33-14-20(31)16-9-11-17(25)12-10-16/h4-12,15,21H,1,13-14H2,2-3H3,(H,27,32)/t21-/m0/s1. The molecule has 33 heavy (non-hydrogen) atoms. The van der Waals surface area contributed by atoms with Crippen molar-refractivity contribution in [2.45, 2.75) is 31.6 Å². The molecule has 0 saturated carbocycles. The molecule has 1 aromatic heterocycles. The molecule has 0 radical (unpaired) electrons. The summed E-state index contributed by atoms with van der Waals surface area (Å²) in [6, 6.07) is 13.7. The first kappa shape index (κ1) is 25.2. The molecule has 1 atom stereocenters. The molecule has 0 unspecified atom stereocenters. The molecule has 1 heterocycles. The maximum Gasteiger partial charge on any atom is 0.253 e. The number of hydrogen-bond donors (Lipinski definition) is 1. The van der Waals surface area contributed by atoms with Crippen molar-refractivity contribution in [3.8, 4) is 0 Å². The fourth-order valence-electron chi connectivity index (χ4n) is 3.18. The summed E-state index contributed by atoms with van der Waals surface area (Å²) >= 11 is 10.9. The topological polar surface area (TPSA) is 76.9 Å². The summed E-state index contributed by atoms with van der Waals surface area (Å²) in [6.45, 7) is 8.27. The van der Waals surface area contributed by atoms with Crippen LogP contribution in [0.5, 0.6) is 0 Å². The summed E-state index contributed by atoms with van der Waals surface area (Å²) < 4.78 is 2.80. The minimum atomic E-state index is -0.405. The molecule has 0 aliphatic carbocycles. The summed E-state index contributed by atoms with van der Waals surface area (Å²) in [5.41, 5.74) is 1.03. The number of thioether (sulfide) groups is 1. The average Bonchev–Trinajstić information content (AvgIpc) is 3.18. The van der Waals surface area contributed by atoms with Gasteiger partial charge in [0.1, 0.15) is 0 Å². The van der Waals surface area contributed by atoms with E-state index in [-0.39, 0.29) is 23.4 Å². The number of nitrogens with zero attached hydrogens (tertiary/aromatic N) is 3. The van der Waals surface area contributed by atoms with E-state index in [0.717, 1.165) is 4.47 Å². The number of benzene rings is 2. The molecule has 1 N–H and O–H groups in total. The Kier molecular flexibility index (Phi) is 8.88. The van der Waals surface area contributed by atoms with E-state index < -0.39 is 6.04 Å². The van der Waals surface area contributed by atoms with E-state index in [2.05, 4.69) is 38.0 Å². The van der Waals surface area contributed by atoms with Gasteiger partial charge in [0.25, 0.3) is 5.91 Å². The van der Waals surface area contributed by atoms with E-state index in [1.807, 2.05) is 30.5 Å². The van der Waals surface area contributed by atoms with Crippen molar-refractivity contribution in [1.29, 1.82) is 0 Å². The highest BCUT2D eigenvalue weighted by molar-refractivity contribution is 9.10. The van der Waals surface area contributed by atoms with Crippen LogP contribution in [0.25, 0.3) is 0 Å². The van der Waals surface area contributed by atoms with Crippen molar-refractivity contribution in [1.82, 2.24) is 20.1 Å². The second-order valence-corrected chi connectivity index (χ2v) is 9.90. The molecular formula is C24H24BrClN4O2S. The maximum atomic E-state index is 12.9. The number of allylic oxidation sites excluding steroid dienone is 1. The summed E-state index contributed by atoms with van der Waals surface area (Å²) in [4.78, 5) is 25.5. The van der Waals surface area contributed by atoms with Crippen LogP contribution < -0.4 is 5.32 Å². The first-order valence-corrected chi connectivity index (χ1v) is 12.5. The lowest BCUT2D eigenvalue weighted by Crippen LogP contribution is -2.34. The SMILES string of the molecule is C=CCn1c(SCC(=O)c2ccc(Br)cc2)nnc1[C@@H](NC(=O)c1ccccc1Cl)C(C)C. The van der Waals surface area contributed by atoms with Crippen molar-refractivity contribution in [2.75, 3.05) is 5.75 Å². The Morgan fingerprint density at radius 3 is 2.52 bits per heavy atom. The van der Waals surface area contributed by atoms with E-state index in [0.29, 0.717) is 33.7 Å². The van der Waals surface area contributed by atoms with E-state index in [1.165, 1.54) is 11.8 Å². The third-order valence-electron chi connectivity index (χ3n) is 4.91. The van der Waals surface area contributed by atoms with Gasteiger partial charge in [-0.2, -0.15) is 0 Å². The van der Waals surface area contributed by atoms with Crippen LogP contribution in [0.2, 0.25) is 5.02 Å². The second kappa shape index (κ2) is 11.6. The molecule has 6 nitrogen and oxygen atoms in total. The summed E-state index contributed by atoms with van der Waals surface area (Å²) in [6.07, 6.45) is 1.74. The van der Waals surface area contributed by atoms with Crippen LogP contribution in [0.4, 0.5) is 0 Å². The molecule has 3 aromatic rings. The van der Waals surface area contributed by atoms with E-state index in [4.69, 9.17) is 11.6 Å². The number of rotatable bonds is 10. The van der Waals surface area contributed by atoms with Crippen molar-refractivity contribution in [3.63, 3.8) is 0 Å². The molecule has 0 fully saturated rings. The molecule has 3 rings (SSSR count). The van der Waals surface area contributed by atoms with Crippen LogP contribution in [0.3, 0.4) is 0 Å². The molecule has 0 saturated heterocycles. The summed E-state index contributed by atoms with van der Waals surface area (Å²) in [7, 11) is 0. The Morgan fingerprint density at radius 1 is 1.18 bits per heavy atom. The number of hydrogen-bond acceptors (Lipinski definition) is 5. The number of aromatic nitrogens is 3. The van der Waals surface area contributed by atoms with Gasteiger partial charge in [-0.3, -0.25) is 9.59 Å². The average molecular weight is 548 g/mol. The minimum absolute atomic E-state index is 0.00497. The van der Waals surface area contributed by atoms with Gasteiger partial charge in [-0.05, 0) is 30.2 Å². The van der Waals surface area contributed by atoms with Gasteiger partial charge in [0.05, 0.1) is 22.4 Å². The fraction of sp³-hybridized carbons (Fsp3) is 0.250. The smallest absolute Gasteiger partial charge is 0.253 e. The molecular weight excluding hydrogens is 524 g/mol. The highest BCUT2D eigenvalue weighted by atomic mass is 79.9. The number of amides is 1. The van der Waals surface area contributed by atoms with Gasteiger partial charge in [-0.1, -0.05) is 83.5 Å². The lowest BCUT2D eigenvalue weighted by Gasteiger charge is -2.22. The molecule has 1 amide bonds. The Labute approximate surface area is 210 Å². The highest BCUT2D eigenvalue weighted by Crippen LogP contribution is 2.27.